The Labute approximate surface area is 99.0 Å². The first-order valence-corrected chi connectivity index (χ1v) is 5.75. The van der Waals surface area contributed by atoms with Crippen molar-refractivity contribution in [1.82, 2.24) is 0 Å². The van der Waals surface area contributed by atoms with E-state index in [4.69, 9.17) is 9.90 Å². The topological polar surface area (TPSA) is 63.6 Å². The Morgan fingerprint density at radius 2 is 1.31 bits per heavy atom. The highest BCUT2D eigenvalue weighted by Gasteiger charge is 1.81. The van der Waals surface area contributed by atoms with Gasteiger partial charge in [0.25, 0.3) is 5.97 Å². The van der Waals surface area contributed by atoms with Crippen LogP contribution in [0.3, 0.4) is 0 Å². The van der Waals surface area contributed by atoms with E-state index in [9.17, 15) is 4.79 Å². The van der Waals surface area contributed by atoms with Crippen molar-refractivity contribution in [2.45, 2.75) is 60.3 Å². The predicted octanol–water partition coefficient (Wildman–Crippen LogP) is 3.25. The van der Waals surface area contributed by atoms with E-state index in [1.165, 1.54) is 32.6 Å². The van der Waals surface area contributed by atoms with Crippen molar-refractivity contribution in [3.63, 3.8) is 0 Å². The predicted molar refractivity (Wildman–Crippen MR) is 65.4 cm³/mol. The van der Waals surface area contributed by atoms with Gasteiger partial charge in [-0.3, -0.25) is 9.59 Å². The molecule has 98 valence electrons. The van der Waals surface area contributed by atoms with Crippen LogP contribution in [0.15, 0.2) is 0 Å². The summed E-state index contributed by atoms with van der Waals surface area (Å²) < 4.78 is 4.40. The van der Waals surface area contributed by atoms with Gasteiger partial charge in [-0.15, -0.1) is 0 Å². The van der Waals surface area contributed by atoms with E-state index >= 15 is 0 Å². The van der Waals surface area contributed by atoms with Crippen LogP contribution in [0.4, 0.5) is 0 Å². The average Bonchev–Trinajstić information content (AvgIpc) is 2.14. The van der Waals surface area contributed by atoms with E-state index in [1.54, 1.807) is 6.92 Å². The second-order valence-corrected chi connectivity index (χ2v) is 3.15. The van der Waals surface area contributed by atoms with Crippen molar-refractivity contribution >= 4 is 11.9 Å². The number of carbonyl (C=O) groups is 2. The molecule has 0 heterocycles. The Bertz CT molecular complexity index is 147. The summed E-state index contributed by atoms with van der Waals surface area (Å²) in [5.41, 5.74) is 0. The van der Waals surface area contributed by atoms with Gasteiger partial charge in [0.1, 0.15) is 0 Å². The zero-order valence-corrected chi connectivity index (χ0v) is 11.2. The summed E-state index contributed by atoms with van der Waals surface area (Å²) in [5.74, 6) is -1.04. The minimum absolute atomic E-state index is 0.211. The lowest BCUT2D eigenvalue weighted by Crippen LogP contribution is -1.95. The molecule has 0 atom stereocenters. The van der Waals surface area contributed by atoms with Crippen molar-refractivity contribution in [3.8, 4) is 0 Å². The van der Waals surface area contributed by atoms with Crippen LogP contribution in [-0.2, 0) is 14.3 Å². The number of aliphatic carboxylic acids is 1. The van der Waals surface area contributed by atoms with Crippen LogP contribution in [0, 0.1) is 0 Å². The molecule has 0 unspecified atom stereocenters. The highest BCUT2D eigenvalue weighted by Crippen LogP contribution is 1.95. The molecule has 0 fully saturated rings. The van der Waals surface area contributed by atoms with Crippen LogP contribution in [0.25, 0.3) is 0 Å². The van der Waals surface area contributed by atoms with Crippen molar-refractivity contribution in [3.05, 3.63) is 0 Å². The molecule has 0 saturated heterocycles. The summed E-state index contributed by atoms with van der Waals surface area (Å²) in [7, 11) is 0. The third-order valence-corrected chi connectivity index (χ3v) is 1.30. The lowest BCUT2D eigenvalue weighted by molar-refractivity contribution is -0.140. The van der Waals surface area contributed by atoms with Gasteiger partial charge in [-0.05, 0) is 6.92 Å². The van der Waals surface area contributed by atoms with E-state index in [0.29, 0.717) is 6.61 Å². The first-order chi connectivity index (χ1) is 7.42. The summed E-state index contributed by atoms with van der Waals surface area (Å²) in [6, 6.07) is 0. The number of esters is 1. The van der Waals surface area contributed by atoms with E-state index in [0.717, 1.165) is 6.92 Å². The Hall–Kier alpha value is -1.06. The van der Waals surface area contributed by atoms with Crippen molar-refractivity contribution in [2.24, 2.45) is 0 Å². The van der Waals surface area contributed by atoms with Crippen molar-refractivity contribution in [1.29, 1.82) is 0 Å². The molecule has 0 radical (unpaired) electrons. The fourth-order valence-electron chi connectivity index (χ4n) is 0.703. The van der Waals surface area contributed by atoms with Crippen LogP contribution in [-0.4, -0.2) is 23.7 Å². The molecule has 0 aliphatic carbocycles. The molecule has 0 aromatic carbocycles. The number of carboxylic acids is 1. The maximum absolute atomic E-state index is 9.82. The third kappa shape index (κ3) is 75.6. The Morgan fingerprint density at radius 1 is 1.00 bits per heavy atom. The molecular weight excluding hydrogens is 208 g/mol. The summed E-state index contributed by atoms with van der Waals surface area (Å²) in [6.45, 7) is 9.20. The van der Waals surface area contributed by atoms with E-state index in [-0.39, 0.29) is 5.97 Å². The van der Waals surface area contributed by atoms with Crippen LogP contribution >= 0.6 is 0 Å². The highest BCUT2D eigenvalue weighted by atomic mass is 16.5. The van der Waals surface area contributed by atoms with Gasteiger partial charge in [0.2, 0.25) is 0 Å². The number of unbranched alkanes of at least 4 members (excludes halogenated alkanes) is 3. The van der Waals surface area contributed by atoms with Crippen LogP contribution in [0.2, 0.25) is 0 Å². The first kappa shape index (κ1) is 20.4. The number of hydrogen-bond donors (Lipinski definition) is 1. The van der Waals surface area contributed by atoms with E-state index in [2.05, 4.69) is 18.6 Å². The van der Waals surface area contributed by atoms with E-state index < -0.39 is 5.97 Å². The van der Waals surface area contributed by atoms with Gasteiger partial charge in [-0.2, -0.15) is 0 Å². The molecule has 0 aromatic rings. The van der Waals surface area contributed by atoms with Gasteiger partial charge in [0, 0.05) is 13.8 Å². The van der Waals surface area contributed by atoms with Crippen LogP contribution in [0.1, 0.15) is 60.3 Å². The summed E-state index contributed by atoms with van der Waals surface area (Å²) in [4.78, 5) is 18.8. The Balaban J connectivity index is -0.000000162. The first-order valence-electron chi connectivity index (χ1n) is 5.75. The lowest BCUT2D eigenvalue weighted by Gasteiger charge is -1.89. The maximum atomic E-state index is 9.82. The highest BCUT2D eigenvalue weighted by molar-refractivity contribution is 5.65. The zero-order valence-electron chi connectivity index (χ0n) is 11.2. The molecule has 0 amide bonds. The van der Waals surface area contributed by atoms with Gasteiger partial charge in [0.05, 0.1) is 6.61 Å². The van der Waals surface area contributed by atoms with Gasteiger partial charge in [0.15, 0.2) is 0 Å². The largest absolute Gasteiger partial charge is 0.481 e. The number of carboxylic acid groups (broad SMARTS) is 1. The molecule has 0 saturated carbocycles. The Kier molecular flexibility index (Phi) is 24.8. The minimum Gasteiger partial charge on any atom is -0.481 e. The average molecular weight is 234 g/mol. The van der Waals surface area contributed by atoms with Gasteiger partial charge >= 0.3 is 5.97 Å². The zero-order chi connectivity index (χ0) is 13.4. The molecule has 0 aromatic heterocycles. The van der Waals surface area contributed by atoms with Gasteiger partial charge in [-0.25, -0.2) is 0 Å². The fourth-order valence-corrected chi connectivity index (χ4v) is 0.703. The number of ether oxygens (including phenoxy) is 1. The van der Waals surface area contributed by atoms with Crippen molar-refractivity contribution in [2.75, 3.05) is 6.61 Å². The maximum Gasteiger partial charge on any atom is 0.302 e. The minimum atomic E-state index is -0.833. The quantitative estimate of drug-likeness (QED) is 0.599. The molecule has 16 heavy (non-hydrogen) atoms. The second kappa shape index (κ2) is 19.5. The monoisotopic (exact) mass is 234 g/mol. The Morgan fingerprint density at radius 3 is 1.38 bits per heavy atom. The molecular formula is C12H26O4. The molecule has 4 nitrogen and oxygen atoms in total. The summed E-state index contributed by atoms with van der Waals surface area (Å²) in [6.07, 6.45) is 5.54. The summed E-state index contributed by atoms with van der Waals surface area (Å²) >= 11 is 0. The smallest absolute Gasteiger partial charge is 0.302 e. The third-order valence-electron chi connectivity index (χ3n) is 1.30. The van der Waals surface area contributed by atoms with Gasteiger partial charge < -0.3 is 9.84 Å². The fraction of sp³-hybridized carbons (Fsp3) is 0.833. The normalized spacial score (nSPS) is 7.81. The molecule has 1 N–H and O–H groups in total. The molecule has 0 bridgehead atoms. The van der Waals surface area contributed by atoms with E-state index in [1.807, 2.05) is 0 Å². The SMILES string of the molecule is CC(=O)O.CCCCCC.CCOC(C)=O. The van der Waals surface area contributed by atoms with Gasteiger partial charge in [-0.1, -0.05) is 39.5 Å². The second-order valence-electron chi connectivity index (χ2n) is 3.15. The molecule has 0 aliphatic heterocycles. The lowest BCUT2D eigenvalue weighted by atomic mass is 10.2. The molecule has 0 spiro atoms. The number of rotatable bonds is 4. The molecule has 0 aliphatic rings. The number of carbonyl (C=O) groups excluding carboxylic acids is 1. The standard InChI is InChI=1S/C6H14.C4H8O2.C2H4O2/c1-3-5-6-4-2;1-3-6-4(2)5;1-2(3)4/h3-6H2,1-2H3;3H2,1-2H3;1H3,(H,3,4). The van der Waals surface area contributed by atoms with Crippen LogP contribution in [0.5, 0.6) is 0 Å². The number of hydrogen-bond acceptors (Lipinski definition) is 3. The summed E-state index contributed by atoms with van der Waals surface area (Å²) in [5, 5.41) is 7.42. The molecule has 0 rings (SSSR count). The van der Waals surface area contributed by atoms with Crippen molar-refractivity contribution < 1.29 is 19.4 Å². The van der Waals surface area contributed by atoms with Crippen LogP contribution < -0.4 is 0 Å². The molecule has 4 heteroatoms.